The molecule has 1 atom stereocenters. The molecule has 1 aliphatic heterocycles. The maximum atomic E-state index is 12.5. The Morgan fingerprint density at radius 2 is 2.30 bits per heavy atom. The average molecular weight is 312 g/mol. The molecule has 0 aromatic carbocycles. The zero-order chi connectivity index (χ0) is 16.1. The highest BCUT2D eigenvalue weighted by atomic mass is 16.2. The summed E-state index contributed by atoms with van der Waals surface area (Å²) in [7, 11) is 0. The van der Waals surface area contributed by atoms with Crippen molar-refractivity contribution >= 4 is 5.91 Å². The third-order valence-electron chi connectivity index (χ3n) is 4.41. The van der Waals surface area contributed by atoms with Gasteiger partial charge in [0.1, 0.15) is 0 Å². The predicted molar refractivity (Wildman–Crippen MR) is 88.9 cm³/mol. The number of carbonyl (C=O) groups excluding carboxylic acids is 1. The van der Waals surface area contributed by atoms with Gasteiger partial charge in [-0.05, 0) is 50.3 Å². The number of hydrogen-bond donors (Lipinski definition) is 0. The summed E-state index contributed by atoms with van der Waals surface area (Å²) < 4.78 is 1.96. The van der Waals surface area contributed by atoms with Gasteiger partial charge in [0.05, 0.1) is 18.8 Å². The van der Waals surface area contributed by atoms with Crippen LogP contribution in [0.4, 0.5) is 0 Å². The normalized spacial score (nSPS) is 17.6. The van der Waals surface area contributed by atoms with Gasteiger partial charge in [0.25, 0.3) is 0 Å². The Bertz CT molecular complexity index is 637. The molecule has 1 fully saturated rings. The Kier molecular flexibility index (Phi) is 5.05. The van der Waals surface area contributed by atoms with Crippen LogP contribution in [0, 0.1) is 6.92 Å². The molecule has 1 saturated heterocycles. The number of rotatable bonds is 6. The first-order chi connectivity index (χ1) is 11.2. The minimum Gasteiger partial charge on any atom is -0.338 e. The van der Waals surface area contributed by atoms with E-state index < -0.39 is 0 Å². The fourth-order valence-corrected chi connectivity index (χ4v) is 3.25. The molecular formula is C18H24N4O. The SMILES string of the molecule is Cc1cnn(CC2CCCN2C(=O)CCCc2ccccn2)c1. The maximum Gasteiger partial charge on any atom is 0.222 e. The largest absolute Gasteiger partial charge is 0.338 e. The molecule has 0 bridgehead atoms. The molecule has 0 aliphatic carbocycles. The number of aromatic nitrogens is 3. The van der Waals surface area contributed by atoms with Crippen molar-refractivity contribution < 1.29 is 4.79 Å². The molecule has 0 N–H and O–H groups in total. The number of nitrogens with zero attached hydrogens (tertiary/aromatic N) is 4. The van der Waals surface area contributed by atoms with Crippen molar-refractivity contribution in [3.8, 4) is 0 Å². The van der Waals surface area contributed by atoms with Crippen LogP contribution in [0.1, 0.15) is 36.9 Å². The molecule has 1 unspecified atom stereocenters. The second-order valence-electron chi connectivity index (χ2n) is 6.30. The molecule has 0 radical (unpaired) electrons. The number of pyridine rings is 1. The molecule has 5 heteroatoms. The Labute approximate surface area is 137 Å². The highest BCUT2D eigenvalue weighted by Gasteiger charge is 2.28. The van der Waals surface area contributed by atoms with Gasteiger partial charge >= 0.3 is 0 Å². The van der Waals surface area contributed by atoms with E-state index in [2.05, 4.69) is 15.0 Å². The molecule has 1 amide bonds. The summed E-state index contributed by atoms with van der Waals surface area (Å²) in [6.45, 7) is 3.73. The third kappa shape index (κ3) is 4.18. The molecule has 0 saturated carbocycles. The predicted octanol–water partition coefficient (Wildman–Crippen LogP) is 2.60. The number of aryl methyl sites for hydroxylation is 2. The summed E-state index contributed by atoms with van der Waals surface area (Å²) in [4.78, 5) is 18.9. The van der Waals surface area contributed by atoms with Gasteiger partial charge in [-0.15, -0.1) is 0 Å². The minimum atomic E-state index is 0.271. The molecule has 2 aromatic rings. The number of hydrogen-bond acceptors (Lipinski definition) is 3. The van der Waals surface area contributed by atoms with Gasteiger partial charge in [-0.25, -0.2) is 0 Å². The van der Waals surface area contributed by atoms with Crippen molar-refractivity contribution in [2.75, 3.05) is 6.54 Å². The smallest absolute Gasteiger partial charge is 0.222 e. The molecule has 5 nitrogen and oxygen atoms in total. The minimum absolute atomic E-state index is 0.271. The van der Waals surface area contributed by atoms with Crippen LogP contribution in [0.5, 0.6) is 0 Å². The van der Waals surface area contributed by atoms with Crippen molar-refractivity contribution in [2.24, 2.45) is 0 Å². The van der Waals surface area contributed by atoms with E-state index in [1.807, 2.05) is 42.2 Å². The molecule has 3 rings (SSSR count). The monoisotopic (exact) mass is 312 g/mol. The van der Waals surface area contributed by atoms with E-state index >= 15 is 0 Å². The Balaban J connectivity index is 1.49. The average Bonchev–Trinajstić information content (AvgIpc) is 3.18. The van der Waals surface area contributed by atoms with Gasteiger partial charge in [0.15, 0.2) is 0 Å². The first-order valence-corrected chi connectivity index (χ1v) is 8.41. The fourth-order valence-electron chi connectivity index (χ4n) is 3.25. The van der Waals surface area contributed by atoms with Gasteiger partial charge in [0.2, 0.25) is 5.91 Å². The summed E-state index contributed by atoms with van der Waals surface area (Å²) in [5.74, 6) is 0.271. The molecule has 0 spiro atoms. The first kappa shape index (κ1) is 15.7. The molecule has 122 valence electrons. The van der Waals surface area contributed by atoms with Crippen molar-refractivity contribution in [2.45, 2.75) is 51.6 Å². The van der Waals surface area contributed by atoms with E-state index in [9.17, 15) is 4.79 Å². The highest BCUT2D eigenvalue weighted by molar-refractivity contribution is 5.76. The van der Waals surface area contributed by atoms with E-state index in [1.54, 1.807) is 6.20 Å². The zero-order valence-electron chi connectivity index (χ0n) is 13.7. The Hall–Kier alpha value is -2.17. The van der Waals surface area contributed by atoms with Crippen molar-refractivity contribution in [1.82, 2.24) is 19.7 Å². The summed E-state index contributed by atoms with van der Waals surface area (Å²) in [5.41, 5.74) is 2.22. The van der Waals surface area contributed by atoms with Crippen LogP contribution < -0.4 is 0 Å². The van der Waals surface area contributed by atoms with E-state index in [1.165, 1.54) is 0 Å². The topological polar surface area (TPSA) is 51.0 Å². The van der Waals surface area contributed by atoms with E-state index in [0.717, 1.165) is 50.0 Å². The van der Waals surface area contributed by atoms with Crippen molar-refractivity contribution in [3.05, 3.63) is 48.0 Å². The summed E-state index contributed by atoms with van der Waals surface area (Å²) in [5, 5.41) is 4.35. The molecule has 1 aliphatic rings. The van der Waals surface area contributed by atoms with Crippen LogP contribution in [0.25, 0.3) is 0 Å². The van der Waals surface area contributed by atoms with Crippen LogP contribution >= 0.6 is 0 Å². The van der Waals surface area contributed by atoms with Crippen molar-refractivity contribution in [3.63, 3.8) is 0 Å². The van der Waals surface area contributed by atoms with E-state index in [0.29, 0.717) is 6.42 Å². The lowest BCUT2D eigenvalue weighted by Crippen LogP contribution is -2.38. The molecular weight excluding hydrogens is 288 g/mol. The number of likely N-dealkylation sites (tertiary alicyclic amines) is 1. The Morgan fingerprint density at radius 1 is 1.39 bits per heavy atom. The van der Waals surface area contributed by atoms with Crippen molar-refractivity contribution in [1.29, 1.82) is 0 Å². The van der Waals surface area contributed by atoms with Crippen LogP contribution in [0.15, 0.2) is 36.8 Å². The molecule has 3 heterocycles. The molecule has 23 heavy (non-hydrogen) atoms. The highest BCUT2D eigenvalue weighted by Crippen LogP contribution is 2.20. The lowest BCUT2D eigenvalue weighted by molar-refractivity contribution is -0.132. The lowest BCUT2D eigenvalue weighted by atomic mass is 10.1. The zero-order valence-corrected chi connectivity index (χ0v) is 13.7. The summed E-state index contributed by atoms with van der Waals surface area (Å²) in [6, 6.07) is 6.22. The number of amides is 1. The van der Waals surface area contributed by atoms with Crippen LogP contribution in [-0.2, 0) is 17.8 Å². The summed E-state index contributed by atoms with van der Waals surface area (Å²) in [6.07, 6.45) is 10.2. The van der Waals surface area contributed by atoms with Gasteiger partial charge < -0.3 is 4.90 Å². The first-order valence-electron chi connectivity index (χ1n) is 8.41. The molecule has 2 aromatic heterocycles. The van der Waals surface area contributed by atoms with Crippen LogP contribution in [0.3, 0.4) is 0 Å². The van der Waals surface area contributed by atoms with Gasteiger partial charge in [-0.2, -0.15) is 5.10 Å². The van der Waals surface area contributed by atoms with Crippen LogP contribution in [-0.4, -0.2) is 38.2 Å². The van der Waals surface area contributed by atoms with E-state index in [4.69, 9.17) is 0 Å². The van der Waals surface area contributed by atoms with Gasteiger partial charge in [-0.1, -0.05) is 6.07 Å². The maximum absolute atomic E-state index is 12.5. The second-order valence-corrected chi connectivity index (χ2v) is 6.30. The Morgan fingerprint density at radius 3 is 3.04 bits per heavy atom. The van der Waals surface area contributed by atoms with Gasteiger partial charge in [-0.3, -0.25) is 14.5 Å². The second kappa shape index (κ2) is 7.40. The fraction of sp³-hybridized carbons (Fsp3) is 0.500. The quantitative estimate of drug-likeness (QED) is 0.824. The van der Waals surface area contributed by atoms with Gasteiger partial charge in [0, 0.05) is 31.1 Å². The standard InChI is InChI=1S/C18H24N4O/c1-15-12-20-21(13-15)14-17-8-5-11-22(17)18(23)9-4-7-16-6-2-3-10-19-16/h2-3,6,10,12-13,17H,4-5,7-9,11,14H2,1H3. The van der Waals surface area contributed by atoms with E-state index in [-0.39, 0.29) is 11.9 Å². The summed E-state index contributed by atoms with van der Waals surface area (Å²) >= 11 is 0. The lowest BCUT2D eigenvalue weighted by Gasteiger charge is -2.24. The third-order valence-corrected chi connectivity index (χ3v) is 4.41. The number of carbonyl (C=O) groups is 1. The van der Waals surface area contributed by atoms with Crippen LogP contribution in [0.2, 0.25) is 0 Å².